The number of amides is 2. The maximum atomic E-state index is 13.2. The van der Waals surface area contributed by atoms with Crippen LogP contribution < -0.4 is 15.4 Å². The van der Waals surface area contributed by atoms with E-state index < -0.39 is 0 Å². The van der Waals surface area contributed by atoms with Crippen molar-refractivity contribution in [3.63, 3.8) is 0 Å². The molecule has 1 fully saturated rings. The molecule has 3 atom stereocenters. The second-order valence-electron chi connectivity index (χ2n) is 9.09. The van der Waals surface area contributed by atoms with Crippen molar-refractivity contribution < 1.29 is 19.1 Å². The summed E-state index contributed by atoms with van der Waals surface area (Å²) < 4.78 is 11.7. The van der Waals surface area contributed by atoms with E-state index in [1.54, 1.807) is 37.3 Å². The Balaban J connectivity index is 1.81. The van der Waals surface area contributed by atoms with Crippen LogP contribution in [0.25, 0.3) is 0 Å². The minimum absolute atomic E-state index is 0.0585. The van der Waals surface area contributed by atoms with Gasteiger partial charge in [0.2, 0.25) is 5.91 Å². The predicted molar refractivity (Wildman–Crippen MR) is 122 cm³/mol. The Hall–Kier alpha value is -2.12. The fourth-order valence-electron chi connectivity index (χ4n) is 4.34. The summed E-state index contributed by atoms with van der Waals surface area (Å²) in [6.45, 7) is 5.87. The van der Waals surface area contributed by atoms with E-state index in [1.807, 2.05) is 0 Å². The molecule has 0 saturated heterocycles. The van der Waals surface area contributed by atoms with Crippen LogP contribution in [0.15, 0.2) is 18.2 Å². The highest BCUT2D eigenvalue weighted by Gasteiger charge is 2.26. The molecule has 0 spiro atoms. The third kappa shape index (κ3) is 6.20. The zero-order chi connectivity index (χ0) is 22.4. The van der Waals surface area contributed by atoms with E-state index in [-0.39, 0.29) is 35.8 Å². The Morgan fingerprint density at radius 1 is 1.23 bits per heavy atom. The molecule has 172 valence electrons. The molecule has 2 N–H and O–H groups in total. The smallest absolute Gasteiger partial charge is 0.257 e. The zero-order valence-corrected chi connectivity index (χ0v) is 19.3. The molecule has 1 aromatic carbocycles. The van der Waals surface area contributed by atoms with Gasteiger partial charge in [0.15, 0.2) is 0 Å². The standard InChI is InChI=1S/C24H37N3O4/c1-16-13-25-17(2)15-31-21-12-19(26-23(28)18-8-6-5-7-9-18)10-11-20(21)24(29)27(3)14-22(16)30-4/h10-12,16-18,22,25H,5-9,13-15H2,1-4H3,(H,26,28)/t16-,17+,22-/m1/s1. The van der Waals surface area contributed by atoms with Crippen LogP contribution in [0.2, 0.25) is 0 Å². The van der Waals surface area contributed by atoms with Gasteiger partial charge in [0.25, 0.3) is 5.91 Å². The van der Waals surface area contributed by atoms with Crippen LogP contribution in [0.1, 0.15) is 56.3 Å². The summed E-state index contributed by atoms with van der Waals surface area (Å²) >= 11 is 0. The van der Waals surface area contributed by atoms with Gasteiger partial charge >= 0.3 is 0 Å². The molecular formula is C24H37N3O4. The lowest BCUT2D eigenvalue weighted by Crippen LogP contribution is -2.44. The van der Waals surface area contributed by atoms with E-state index in [1.165, 1.54) is 6.42 Å². The van der Waals surface area contributed by atoms with Gasteiger partial charge in [-0.3, -0.25) is 9.59 Å². The molecule has 7 nitrogen and oxygen atoms in total. The van der Waals surface area contributed by atoms with E-state index in [2.05, 4.69) is 24.5 Å². The summed E-state index contributed by atoms with van der Waals surface area (Å²) in [6.07, 6.45) is 5.25. The van der Waals surface area contributed by atoms with Crippen molar-refractivity contribution in [1.82, 2.24) is 10.2 Å². The van der Waals surface area contributed by atoms with Crippen molar-refractivity contribution in [2.75, 3.05) is 39.2 Å². The highest BCUT2D eigenvalue weighted by molar-refractivity contribution is 5.98. The lowest BCUT2D eigenvalue weighted by molar-refractivity contribution is -0.120. The third-order valence-electron chi connectivity index (χ3n) is 6.47. The lowest BCUT2D eigenvalue weighted by atomic mass is 9.88. The van der Waals surface area contributed by atoms with Gasteiger partial charge in [0.1, 0.15) is 12.4 Å². The van der Waals surface area contributed by atoms with Crippen molar-refractivity contribution in [3.8, 4) is 5.75 Å². The van der Waals surface area contributed by atoms with Crippen molar-refractivity contribution in [2.45, 2.75) is 58.1 Å². The molecule has 0 unspecified atom stereocenters. The number of benzene rings is 1. The van der Waals surface area contributed by atoms with Gasteiger partial charge in [-0.15, -0.1) is 0 Å². The number of methoxy groups -OCH3 is 1. The molecule has 1 saturated carbocycles. The van der Waals surface area contributed by atoms with E-state index in [4.69, 9.17) is 9.47 Å². The number of hydrogen-bond donors (Lipinski definition) is 2. The summed E-state index contributed by atoms with van der Waals surface area (Å²) in [7, 11) is 3.47. The molecule has 0 bridgehead atoms. The zero-order valence-electron chi connectivity index (χ0n) is 19.3. The Morgan fingerprint density at radius 3 is 2.68 bits per heavy atom. The van der Waals surface area contributed by atoms with E-state index in [0.29, 0.717) is 30.2 Å². The first-order valence-corrected chi connectivity index (χ1v) is 11.5. The topological polar surface area (TPSA) is 79.9 Å². The number of likely N-dealkylation sites (N-methyl/N-ethyl adjacent to an activating group) is 1. The van der Waals surface area contributed by atoms with Crippen LogP contribution in [0.5, 0.6) is 5.75 Å². The van der Waals surface area contributed by atoms with Crippen molar-refractivity contribution in [2.24, 2.45) is 11.8 Å². The van der Waals surface area contributed by atoms with Crippen molar-refractivity contribution in [1.29, 1.82) is 0 Å². The van der Waals surface area contributed by atoms with Crippen LogP contribution >= 0.6 is 0 Å². The van der Waals surface area contributed by atoms with Gasteiger partial charge < -0.3 is 25.0 Å². The van der Waals surface area contributed by atoms with Gasteiger partial charge in [-0.05, 0) is 37.8 Å². The number of carbonyl (C=O) groups is 2. The van der Waals surface area contributed by atoms with E-state index >= 15 is 0 Å². The first-order valence-electron chi connectivity index (χ1n) is 11.5. The molecule has 2 aliphatic rings. The number of carbonyl (C=O) groups excluding carboxylic acids is 2. The van der Waals surface area contributed by atoms with Gasteiger partial charge in [-0.25, -0.2) is 0 Å². The molecule has 0 radical (unpaired) electrons. The molecule has 0 aromatic heterocycles. The summed E-state index contributed by atoms with van der Waals surface area (Å²) in [5.74, 6) is 0.757. The van der Waals surface area contributed by atoms with Crippen LogP contribution in [-0.2, 0) is 9.53 Å². The van der Waals surface area contributed by atoms with Crippen LogP contribution in [0, 0.1) is 11.8 Å². The summed E-state index contributed by atoms with van der Waals surface area (Å²) in [4.78, 5) is 27.5. The molecule has 1 aliphatic carbocycles. The molecule has 7 heteroatoms. The molecule has 2 amide bonds. The second-order valence-corrected chi connectivity index (χ2v) is 9.09. The average molecular weight is 432 g/mol. The lowest BCUT2D eigenvalue weighted by Gasteiger charge is -2.30. The van der Waals surface area contributed by atoms with Crippen LogP contribution in [-0.4, -0.2) is 62.7 Å². The largest absolute Gasteiger partial charge is 0.491 e. The monoisotopic (exact) mass is 431 g/mol. The number of nitrogens with one attached hydrogen (secondary N) is 2. The predicted octanol–water partition coefficient (Wildman–Crippen LogP) is 3.30. The Morgan fingerprint density at radius 2 is 1.97 bits per heavy atom. The summed E-state index contributed by atoms with van der Waals surface area (Å²) in [5, 5.41) is 6.51. The SMILES string of the molecule is CO[C@@H]1CN(C)C(=O)c2ccc(NC(=O)C3CCCCC3)cc2OC[C@H](C)NC[C@H]1C. The van der Waals surface area contributed by atoms with Crippen molar-refractivity contribution in [3.05, 3.63) is 23.8 Å². The minimum Gasteiger partial charge on any atom is -0.491 e. The Labute approximate surface area is 185 Å². The van der Waals surface area contributed by atoms with Gasteiger partial charge in [-0.2, -0.15) is 0 Å². The van der Waals surface area contributed by atoms with Gasteiger partial charge in [0, 0.05) is 51.0 Å². The molecule has 31 heavy (non-hydrogen) atoms. The third-order valence-corrected chi connectivity index (χ3v) is 6.47. The minimum atomic E-state index is -0.115. The number of anilines is 1. The van der Waals surface area contributed by atoms with E-state index in [0.717, 1.165) is 32.2 Å². The normalized spacial score (nSPS) is 26.3. The maximum Gasteiger partial charge on any atom is 0.257 e. The first kappa shape index (κ1) is 23.5. The van der Waals surface area contributed by atoms with Gasteiger partial charge in [-0.1, -0.05) is 26.2 Å². The highest BCUT2D eigenvalue weighted by Crippen LogP contribution is 2.28. The quantitative estimate of drug-likeness (QED) is 0.768. The average Bonchev–Trinajstić information content (AvgIpc) is 2.79. The molecular weight excluding hydrogens is 394 g/mol. The number of rotatable bonds is 3. The number of nitrogens with zero attached hydrogens (tertiary/aromatic N) is 1. The van der Waals surface area contributed by atoms with Gasteiger partial charge in [0.05, 0.1) is 11.7 Å². The summed E-state index contributed by atoms with van der Waals surface area (Å²) in [6, 6.07) is 5.43. The number of hydrogen-bond acceptors (Lipinski definition) is 5. The fourth-order valence-corrected chi connectivity index (χ4v) is 4.34. The molecule has 3 rings (SSSR count). The Bertz CT molecular complexity index is 763. The molecule has 1 heterocycles. The fraction of sp³-hybridized carbons (Fsp3) is 0.667. The molecule has 1 aliphatic heterocycles. The number of fused-ring (bicyclic) bond motifs is 1. The highest BCUT2D eigenvalue weighted by atomic mass is 16.5. The van der Waals surface area contributed by atoms with Crippen LogP contribution in [0.3, 0.4) is 0 Å². The number of ether oxygens (including phenoxy) is 2. The van der Waals surface area contributed by atoms with E-state index in [9.17, 15) is 9.59 Å². The Kier molecular flexibility index (Phi) is 8.32. The van der Waals surface area contributed by atoms with Crippen LogP contribution in [0.4, 0.5) is 5.69 Å². The van der Waals surface area contributed by atoms with Crippen molar-refractivity contribution >= 4 is 17.5 Å². The molecule has 1 aromatic rings. The first-order chi connectivity index (χ1) is 14.9. The summed E-state index contributed by atoms with van der Waals surface area (Å²) in [5.41, 5.74) is 1.16. The second kappa shape index (κ2) is 11.0. The maximum absolute atomic E-state index is 13.2.